The van der Waals surface area contributed by atoms with Gasteiger partial charge in [-0.1, -0.05) is 39.8 Å². The first-order valence-corrected chi connectivity index (χ1v) is 15.0. The zero-order valence-corrected chi connectivity index (χ0v) is 23.3. The first-order valence-electron chi connectivity index (χ1n) is 12.1. The summed E-state index contributed by atoms with van der Waals surface area (Å²) in [5.41, 5.74) is -2.37. The number of rotatable bonds is 4. The molecule has 0 spiro atoms. The zero-order chi connectivity index (χ0) is 25.8. The van der Waals surface area contributed by atoms with Crippen LogP contribution < -0.4 is 0 Å². The summed E-state index contributed by atoms with van der Waals surface area (Å²) in [6, 6.07) is 0. The maximum Gasteiger partial charge on any atom is 0.311 e. The summed E-state index contributed by atoms with van der Waals surface area (Å²) < 4.78 is 18.1. The fourth-order valence-electron chi connectivity index (χ4n) is 3.74. The number of carbonyl (C=O) groups is 1. The highest BCUT2D eigenvalue weighted by Gasteiger charge is 2.45. The van der Waals surface area contributed by atoms with Gasteiger partial charge in [0.05, 0.1) is 29.8 Å². The van der Waals surface area contributed by atoms with Gasteiger partial charge in [-0.05, 0) is 58.2 Å². The van der Waals surface area contributed by atoms with Crippen LogP contribution in [0.3, 0.4) is 0 Å². The molecule has 1 aliphatic heterocycles. The van der Waals surface area contributed by atoms with Crippen LogP contribution in [0.15, 0.2) is 12.2 Å². The number of carbonyl (C=O) groups excluding carboxylic acids is 1. The number of ether oxygens (including phenoxy) is 2. The van der Waals surface area contributed by atoms with E-state index in [2.05, 4.69) is 33.9 Å². The predicted octanol–water partition coefficient (Wildman–Crippen LogP) is 3.95. The molecule has 0 aromatic rings. The summed E-state index contributed by atoms with van der Waals surface area (Å²) in [5, 5.41) is 32.5. The van der Waals surface area contributed by atoms with Crippen molar-refractivity contribution in [3.05, 3.63) is 12.2 Å². The molecule has 0 bridgehead atoms. The van der Waals surface area contributed by atoms with Crippen LogP contribution in [-0.2, 0) is 18.7 Å². The Morgan fingerprint density at radius 2 is 1.82 bits per heavy atom. The van der Waals surface area contributed by atoms with Crippen LogP contribution in [0.25, 0.3) is 0 Å². The van der Waals surface area contributed by atoms with Gasteiger partial charge < -0.3 is 29.2 Å². The number of hydrogen-bond acceptors (Lipinski definition) is 7. The van der Waals surface area contributed by atoms with Crippen LogP contribution in [-0.4, -0.2) is 72.3 Å². The van der Waals surface area contributed by atoms with Gasteiger partial charge >= 0.3 is 5.97 Å². The lowest BCUT2D eigenvalue weighted by molar-refractivity contribution is -0.169. The third kappa shape index (κ3) is 7.87. The molecule has 3 N–H and O–H groups in total. The van der Waals surface area contributed by atoms with E-state index in [-0.39, 0.29) is 11.5 Å². The minimum atomic E-state index is -2.28. The molecule has 0 amide bonds. The van der Waals surface area contributed by atoms with Crippen LogP contribution in [0, 0.1) is 5.92 Å². The third-order valence-corrected chi connectivity index (χ3v) is 12.2. The average molecular weight is 489 g/mol. The molecular formula is C25H48O7Si. The van der Waals surface area contributed by atoms with Gasteiger partial charge in [-0.25, -0.2) is 0 Å². The van der Waals surface area contributed by atoms with Gasteiger partial charge in [0.2, 0.25) is 0 Å². The minimum Gasteiger partial charge on any atom is -0.459 e. The molecule has 0 aromatic heterocycles. The Labute approximate surface area is 201 Å². The molecule has 0 unspecified atom stereocenters. The zero-order valence-electron chi connectivity index (χ0n) is 22.3. The molecule has 0 radical (unpaired) electrons. The van der Waals surface area contributed by atoms with E-state index in [9.17, 15) is 20.1 Å². The van der Waals surface area contributed by atoms with Gasteiger partial charge in [0, 0.05) is 13.5 Å². The maximum atomic E-state index is 13.2. The average Bonchev–Trinajstić information content (AvgIpc) is 2.71. The smallest absolute Gasteiger partial charge is 0.311 e. The molecule has 0 saturated heterocycles. The molecule has 33 heavy (non-hydrogen) atoms. The molecule has 0 aliphatic carbocycles. The van der Waals surface area contributed by atoms with Gasteiger partial charge in [-0.15, -0.1) is 0 Å². The number of cyclic esters (lactones) is 1. The lowest BCUT2D eigenvalue weighted by Crippen LogP contribution is -2.51. The second-order valence-corrected chi connectivity index (χ2v) is 16.3. The highest BCUT2D eigenvalue weighted by molar-refractivity contribution is 6.74. The summed E-state index contributed by atoms with van der Waals surface area (Å²) in [6.07, 6.45) is 1.20. The molecule has 7 nitrogen and oxygen atoms in total. The molecule has 0 aromatic carbocycles. The number of aliphatic hydroxyl groups is 3. The highest BCUT2D eigenvalue weighted by atomic mass is 28.4. The number of esters is 1. The number of aliphatic hydroxyl groups excluding tert-OH is 2. The molecule has 1 rings (SSSR count). The fraction of sp³-hybridized carbons (Fsp3) is 0.880. The van der Waals surface area contributed by atoms with E-state index in [1.807, 2.05) is 6.92 Å². The van der Waals surface area contributed by atoms with Gasteiger partial charge in [-0.2, -0.15) is 0 Å². The van der Waals surface area contributed by atoms with Crippen LogP contribution in [0.1, 0.15) is 74.1 Å². The Morgan fingerprint density at radius 1 is 1.24 bits per heavy atom. The molecule has 1 aliphatic rings. The standard InChI is InChI=1S/C25H48O7Si/c1-11-21-24(6,29)14-12-18(26)13-15-25(7,30-8)20(27)16-19(17(2)22(28)31-21)32-33(9,10)23(3,4)5/h12,14,17-21,26-27,29H,11,13,15-16H2,1-10H3/b14-12+/t17-,18+,19+,20-,21-,24+,25-/m1/s1. The normalized spacial score (nSPS) is 38.9. The Morgan fingerprint density at radius 3 is 2.30 bits per heavy atom. The monoisotopic (exact) mass is 488 g/mol. The summed E-state index contributed by atoms with van der Waals surface area (Å²) >= 11 is 0. The van der Waals surface area contributed by atoms with E-state index < -0.39 is 55.8 Å². The molecule has 0 fully saturated rings. The molecule has 8 heteroatoms. The van der Waals surface area contributed by atoms with Crippen molar-refractivity contribution in [2.45, 2.75) is 128 Å². The topological polar surface area (TPSA) is 105 Å². The van der Waals surface area contributed by atoms with Crippen molar-refractivity contribution in [3.63, 3.8) is 0 Å². The van der Waals surface area contributed by atoms with Crippen LogP contribution >= 0.6 is 0 Å². The van der Waals surface area contributed by atoms with E-state index >= 15 is 0 Å². The SMILES string of the molecule is CC[C@H]1OC(=O)[C@H](C)[C@@H](O[Si](C)(C)C(C)(C)C)C[C@@H](O)[C@](C)(OC)CC[C@@H](O)/C=C/[C@]1(C)O. The maximum absolute atomic E-state index is 13.2. The van der Waals surface area contributed by atoms with Crippen LogP contribution in [0.2, 0.25) is 18.1 Å². The first kappa shape index (κ1) is 30.3. The largest absolute Gasteiger partial charge is 0.459 e. The van der Waals surface area contributed by atoms with Crippen molar-refractivity contribution in [2.75, 3.05) is 7.11 Å². The Kier molecular flexibility index (Phi) is 10.4. The van der Waals surface area contributed by atoms with Crippen molar-refractivity contribution < 1.29 is 34.0 Å². The molecular weight excluding hydrogens is 440 g/mol. The van der Waals surface area contributed by atoms with E-state index in [0.717, 1.165) is 0 Å². The van der Waals surface area contributed by atoms with Gasteiger partial charge in [-0.3, -0.25) is 4.79 Å². The molecule has 7 atom stereocenters. The van der Waals surface area contributed by atoms with E-state index in [1.165, 1.54) is 19.3 Å². The molecule has 0 saturated carbocycles. The summed E-state index contributed by atoms with van der Waals surface area (Å²) in [6.45, 7) is 17.6. The summed E-state index contributed by atoms with van der Waals surface area (Å²) in [5.74, 6) is -1.14. The van der Waals surface area contributed by atoms with E-state index in [4.69, 9.17) is 13.9 Å². The lowest BCUT2D eigenvalue weighted by atomic mass is 9.85. The fourth-order valence-corrected chi connectivity index (χ4v) is 5.15. The summed E-state index contributed by atoms with van der Waals surface area (Å²) in [4.78, 5) is 13.2. The van der Waals surface area contributed by atoms with Crippen molar-refractivity contribution in [2.24, 2.45) is 5.92 Å². The van der Waals surface area contributed by atoms with Gasteiger partial charge in [0.15, 0.2) is 8.32 Å². The first-order chi connectivity index (χ1) is 14.9. The second-order valence-electron chi connectivity index (χ2n) is 11.5. The van der Waals surface area contributed by atoms with Gasteiger partial charge in [0.25, 0.3) is 0 Å². The number of hydrogen-bond donors (Lipinski definition) is 3. The third-order valence-electron chi connectivity index (χ3n) is 7.68. The quantitative estimate of drug-likeness (QED) is 0.312. The lowest BCUT2D eigenvalue weighted by Gasteiger charge is -2.43. The van der Waals surface area contributed by atoms with E-state index in [1.54, 1.807) is 20.8 Å². The Bertz CT molecular complexity index is 670. The van der Waals surface area contributed by atoms with E-state index in [0.29, 0.717) is 19.3 Å². The predicted molar refractivity (Wildman–Crippen MR) is 132 cm³/mol. The Balaban J connectivity index is 3.44. The van der Waals surface area contributed by atoms with Gasteiger partial charge in [0.1, 0.15) is 11.7 Å². The molecule has 194 valence electrons. The highest BCUT2D eigenvalue weighted by Crippen LogP contribution is 2.40. The Hall–Kier alpha value is -0.773. The minimum absolute atomic E-state index is 0.0875. The van der Waals surface area contributed by atoms with Crippen LogP contribution in [0.4, 0.5) is 0 Å². The van der Waals surface area contributed by atoms with Crippen molar-refractivity contribution in [3.8, 4) is 0 Å². The van der Waals surface area contributed by atoms with Crippen molar-refractivity contribution in [1.82, 2.24) is 0 Å². The van der Waals surface area contributed by atoms with Crippen molar-refractivity contribution in [1.29, 1.82) is 0 Å². The van der Waals surface area contributed by atoms with Crippen molar-refractivity contribution >= 4 is 14.3 Å². The van der Waals surface area contributed by atoms with Crippen LogP contribution in [0.5, 0.6) is 0 Å². The molecule has 1 heterocycles. The second kappa shape index (κ2) is 11.3. The number of methoxy groups -OCH3 is 1. The summed E-state index contributed by atoms with van der Waals surface area (Å²) in [7, 11) is -0.749.